The summed E-state index contributed by atoms with van der Waals surface area (Å²) in [5.41, 5.74) is 8.50. The third-order valence-corrected chi connectivity index (χ3v) is 4.45. The Hall–Kier alpha value is -0.570. The summed E-state index contributed by atoms with van der Waals surface area (Å²) < 4.78 is 0. The fourth-order valence-electron chi connectivity index (χ4n) is 3.10. The highest BCUT2D eigenvalue weighted by molar-refractivity contribution is 6.30. The molecule has 2 atom stereocenters. The number of benzene rings is 1. The standard InChI is InChI=1S/C15H23ClN2/c1-11-8-14(16)7-6-13(11)10-18(2)15-5-3-4-12(15)9-17/h6-8,12,15H,3-5,9-10,17H2,1-2H3. The highest BCUT2D eigenvalue weighted by Crippen LogP contribution is 2.29. The van der Waals surface area contributed by atoms with Crippen LogP contribution in [0.25, 0.3) is 0 Å². The minimum absolute atomic E-state index is 0.644. The van der Waals surface area contributed by atoms with Crippen LogP contribution in [0.3, 0.4) is 0 Å². The van der Waals surface area contributed by atoms with Gasteiger partial charge in [-0.3, -0.25) is 4.90 Å². The Morgan fingerprint density at radius 1 is 1.39 bits per heavy atom. The van der Waals surface area contributed by atoms with Gasteiger partial charge in [0.05, 0.1) is 0 Å². The van der Waals surface area contributed by atoms with E-state index in [0.29, 0.717) is 12.0 Å². The topological polar surface area (TPSA) is 29.3 Å². The third-order valence-electron chi connectivity index (χ3n) is 4.21. The van der Waals surface area contributed by atoms with Gasteiger partial charge < -0.3 is 5.73 Å². The predicted molar refractivity (Wildman–Crippen MR) is 77.8 cm³/mol. The van der Waals surface area contributed by atoms with Crippen molar-refractivity contribution in [3.05, 3.63) is 34.3 Å². The van der Waals surface area contributed by atoms with Crippen molar-refractivity contribution in [1.29, 1.82) is 0 Å². The highest BCUT2D eigenvalue weighted by atomic mass is 35.5. The predicted octanol–water partition coefficient (Wildman–Crippen LogP) is 3.21. The maximum absolute atomic E-state index is 6.00. The summed E-state index contributed by atoms with van der Waals surface area (Å²) in [7, 11) is 2.21. The van der Waals surface area contributed by atoms with Gasteiger partial charge in [0.2, 0.25) is 0 Å². The first-order valence-corrected chi connectivity index (χ1v) is 7.15. The van der Waals surface area contributed by atoms with Gasteiger partial charge in [-0.1, -0.05) is 24.1 Å². The van der Waals surface area contributed by atoms with Crippen LogP contribution in [0, 0.1) is 12.8 Å². The van der Waals surface area contributed by atoms with E-state index in [1.807, 2.05) is 12.1 Å². The van der Waals surface area contributed by atoms with Crippen LogP contribution in [0.1, 0.15) is 30.4 Å². The number of hydrogen-bond donors (Lipinski definition) is 1. The van der Waals surface area contributed by atoms with Crippen molar-refractivity contribution in [1.82, 2.24) is 4.90 Å². The largest absolute Gasteiger partial charge is 0.330 e. The van der Waals surface area contributed by atoms with Crippen LogP contribution >= 0.6 is 11.6 Å². The van der Waals surface area contributed by atoms with Crippen LogP contribution in [0.5, 0.6) is 0 Å². The number of rotatable bonds is 4. The Labute approximate surface area is 115 Å². The second-order valence-electron chi connectivity index (χ2n) is 5.48. The molecule has 2 rings (SSSR count). The first-order chi connectivity index (χ1) is 8.61. The molecule has 2 nitrogen and oxygen atoms in total. The zero-order valence-electron chi connectivity index (χ0n) is 11.3. The molecule has 1 aliphatic carbocycles. The lowest BCUT2D eigenvalue weighted by Crippen LogP contribution is -2.37. The van der Waals surface area contributed by atoms with Crippen LogP contribution in [0.2, 0.25) is 5.02 Å². The van der Waals surface area contributed by atoms with E-state index in [1.165, 1.54) is 30.4 Å². The minimum atomic E-state index is 0.644. The Balaban J connectivity index is 2.04. The second-order valence-corrected chi connectivity index (χ2v) is 5.92. The highest BCUT2D eigenvalue weighted by Gasteiger charge is 2.29. The van der Waals surface area contributed by atoms with E-state index < -0.39 is 0 Å². The number of halogens is 1. The van der Waals surface area contributed by atoms with E-state index in [0.717, 1.165) is 18.1 Å². The molecule has 3 heteroatoms. The van der Waals surface area contributed by atoms with Crippen molar-refractivity contribution in [3.8, 4) is 0 Å². The molecule has 1 aromatic rings. The molecule has 0 radical (unpaired) electrons. The van der Waals surface area contributed by atoms with Crippen LogP contribution in [-0.2, 0) is 6.54 Å². The van der Waals surface area contributed by atoms with Crippen molar-refractivity contribution in [2.45, 2.75) is 38.8 Å². The van der Waals surface area contributed by atoms with Gasteiger partial charge in [0, 0.05) is 17.6 Å². The van der Waals surface area contributed by atoms with Gasteiger partial charge in [-0.05, 0) is 62.5 Å². The lowest BCUT2D eigenvalue weighted by atomic mass is 10.0. The van der Waals surface area contributed by atoms with E-state index in [2.05, 4.69) is 24.9 Å². The summed E-state index contributed by atoms with van der Waals surface area (Å²) >= 11 is 6.00. The number of nitrogens with two attached hydrogens (primary N) is 1. The molecule has 0 amide bonds. The van der Waals surface area contributed by atoms with E-state index in [4.69, 9.17) is 17.3 Å². The molecule has 1 fully saturated rings. The molecule has 100 valence electrons. The Morgan fingerprint density at radius 3 is 2.83 bits per heavy atom. The van der Waals surface area contributed by atoms with Crippen LogP contribution in [0.15, 0.2) is 18.2 Å². The first kappa shape index (κ1) is 13.9. The van der Waals surface area contributed by atoms with Crippen molar-refractivity contribution in [2.75, 3.05) is 13.6 Å². The van der Waals surface area contributed by atoms with Crippen molar-refractivity contribution < 1.29 is 0 Å². The minimum Gasteiger partial charge on any atom is -0.330 e. The molecule has 0 heterocycles. The van der Waals surface area contributed by atoms with Crippen LogP contribution in [-0.4, -0.2) is 24.5 Å². The average molecular weight is 267 g/mol. The Morgan fingerprint density at radius 2 is 2.17 bits per heavy atom. The summed E-state index contributed by atoms with van der Waals surface area (Å²) in [4.78, 5) is 2.46. The molecule has 1 aliphatic rings. The summed E-state index contributed by atoms with van der Waals surface area (Å²) in [6.07, 6.45) is 3.88. The monoisotopic (exact) mass is 266 g/mol. The first-order valence-electron chi connectivity index (χ1n) is 6.77. The summed E-state index contributed by atoms with van der Waals surface area (Å²) in [5.74, 6) is 0.669. The van der Waals surface area contributed by atoms with Gasteiger partial charge in [-0.15, -0.1) is 0 Å². The van der Waals surface area contributed by atoms with E-state index in [1.54, 1.807) is 0 Å². The van der Waals surface area contributed by atoms with Gasteiger partial charge in [0.1, 0.15) is 0 Å². The molecule has 1 saturated carbocycles. The van der Waals surface area contributed by atoms with Crippen molar-refractivity contribution in [3.63, 3.8) is 0 Å². The van der Waals surface area contributed by atoms with Crippen LogP contribution < -0.4 is 5.73 Å². The number of hydrogen-bond acceptors (Lipinski definition) is 2. The SMILES string of the molecule is Cc1cc(Cl)ccc1CN(C)C1CCCC1CN. The van der Waals surface area contributed by atoms with Crippen molar-refractivity contribution in [2.24, 2.45) is 11.7 Å². The lowest BCUT2D eigenvalue weighted by Gasteiger charge is -2.29. The smallest absolute Gasteiger partial charge is 0.0408 e. The maximum Gasteiger partial charge on any atom is 0.0408 e. The molecular weight excluding hydrogens is 244 g/mol. The number of nitrogens with zero attached hydrogens (tertiary/aromatic N) is 1. The quantitative estimate of drug-likeness (QED) is 0.907. The molecule has 1 aromatic carbocycles. The molecule has 18 heavy (non-hydrogen) atoms. The second kappa shape index (κ2) is 6.05. The summed E-state index contributed by atoms with van der Waals surface area (Å²) in [5, 5.41) is 0.819. The summed E-state index contributed by atoms with van der Waals surface area (Å²) in [6, 6.07) is 6.80. The van der Waals surface area contributed by atoms with Crippen molar-refractivity contribution >= 4 is 11.6 Å². The zero-order valence-corrected chi connectivity index (χ0v) is 12.1. The van der Waals surface area contributed by atoms with Gasteiger partial charge in [-0.25, -0.2) is 0 Å². The van der Waals surface area contributed by atoms with E-state index in [-0.39, 0.29) is 0 Å². The molecule has 0 spiro atoms. The molecular formula is C15H23ClN2. The van der Waals surface area contributed by atoms with E-state index in [9.17, 15) is 0 Å². The molecule has 2 N–H and O–H groups in total. The molecule has 2 unspecified atom stereocenters. The lowest BCUT2D eigenvalue weighted by molar-refractivity contribution is 0.192. The Kier molecular flexibility index (Phi) is 4.66. The van der Waals surface area contributed by atoms with Gasteiger partial charge in [0.25, 0.3) is 0 Å². The third kappa shape index (κ3) is 3.05. The van der Waals surface area contributed by atoms with Gasteiger partial charge in [-0.2, -0.15) is 0 Å². The number of aryl methyl sites for hydroxylation is 1. The zero-order chi connectivity index (χ0) is 13.1. The van der Waals surface area contributed by atoms with Crippen LogP contribution in [0.4, 0.5) is 0 Å². The average Bonchev–Trinajstić information content (AvgIpc) is 2.81. The maximum atomic E-state index is 6.00. The Bertz CT molecular complexity index is 405. The normalized spacial score (nSPS) is 23.8. The molecule has 0 bridgehead atoms. The summed E-state index contributed by atoms with van der Waals surface area (Å²) in [6.45, 7) is 3.93. The van der Waals surface area contributed by atoms with Gasteiger partial charge >= 0.3 is 0 Å². The molecule has 0 saturated heterocycles. The fraction of sp³-hybridized carbons (Fsp3) is 0.600. The van der Waals surface area contributed by atoms with Gasteiger partial charge in [0.15, 0.2) is 0 Å². The molecule has 0 aliphatic heterocycles. The van der Waals surface area contributed by atoms with E-state index >= 15 is 0 Å². The molecule has 0 aromatic heterocycles. The fourth-order valence-corrected chi connectivity index (χ4v) is 3.32.